The van der Waals surface area contributed by atoms with Gasteiger partial charge in [0.1, 0.15) is 0 Å². The van der Waals surface area contributed by atoms with Gasteiger partial charge in [0.25, 0.3) is 5.91 Å². The van der Waals surface area contributed by atoms with Crippen molar-refractivity contribution in [1.82, 2.24) is 15.3 Å². The molecule has 2 amide bonds. The van der Waals surface area contributed by atoms with Gasteiger partial charge in [-0.25, -0.2) is 4.98 Å². The molecule has 0 bridgehead atoms. The molecule has 1 aliphatic heterocycles. The summed E-state index contributed by atoms with van der Waals surface area (Å²) in [6.07, 6.45) is 9.01. The number of thiazole rings is 1. The molecule has 0 atom stereocenters. The van der Waals surface area contributed by atoms with Gasteiger partial charge in [-0.05, 0) is 46.9 Å². The number of pyridine rings is 1. The predicted molar refractivity (Wildman–Crippen MR) is 134 cm³/mol. The second-order valence-electron chi connectivity index (χ2n) is 7.85. The molecule has 0 aliphatic carbocycles. The van der Waals surface area contributed by atoms with E-state index in [1.165, 1.54) is 23.0 Å². The summed E-state index contributed by atoms with van der Waals surface area (Å²) >= 11 is 1.31. The minimum Gasteiger partial charge on any atom is -0.348 e. The normalized spacial score (nSPS) is 12.6. The Morgan fingerprint density at radius 2 is 1.91 bits per heavy atom. The lowest BCUT2D eigenvalue weighted by molar-refractivity contribution is -0.116. The van der Waals surface area contributed by atoms with Gasteiger partial charge in [0, 0.05) is 41.8 Å². The molecular weight excluding hydrogens is 444 g/mol. The second kappa shape index (κ2) is 9.80. The molecular formula is C27H22N4O2S. The van der Waals surface area contributed by atoms with E-state index in [2.05, 4.69) is 33.5 Å². The maximum absolute atomic E-state index is 13.2. The van der Waals surface area contributed by atoms with E-state index in [4.69, 9.17) is 0 Å². The molecule has 1 aliphatic rings. The Bertz CT molecular complexity index is 1350. The van der Waals surface area contributed by atoms with Gasteiger partial charge in [-0.15, -0.1) is 11.3 Å². The van der Waals surface area contributed by atoms with Crippen molar-refractivity contribution < 1.29 is 9.59 Å². The summed E-state index contributed by atoms with van der Waals surface area (Å²) in [4.78, 5) is 36.3. The number of benzene rings is 2. The van der Waals surface area contributed by atoms with Crippen molar-refractivity contribution in [1.29, 1.82) is 0 Å². The van der Waals surface area contributed by atoms with Gasteiger partial charge < -0.3 is 10.2 Å². The Balaban J connectivity index is 1.25. The molecule has 0 spiro atoms. The van der Waals surface area contributed by atoms with E-state index in [0.717, 1.165) is 33.7 Å². The van der Waals surface area contributed by atoms with Gasteiger partial charge in [-0.3, -0.25) is 14.6 Å². The summed E-state index contributed by atoms with van der Waals surface area (Å²) in [6.45, 7) is 0.943. The number of nitrogens with one attached hydrogen (secondary N) is 1. The minimum atomic E-state index is -0.216. The van der Waals surface area contributed by atoms with Crippen molar-refractivity contribution in [3.05, 3.63) is 106 Å². The number of hydrogen-bond acceptors (Lipinski definition) is 5. The number of carbonyl (C=O) groups is 2. The predicted octanol–water partition coefficient (Wildman–Crippen LogP) is 4.74. The highest BCUT2D eigenvalue weighted by Gasteiger charge is 2.29. The third-order valence-corrected chi connectivity index (χ3v) is 6.63. The molecule has 0 saturated carbocycles. The number of amides is 2. The van der Waals surface area contributed by atoms with Crippen LogP contribution in [-0.4, -0.2) is 28.3 Å². The third-order valence-electron chi connectivity index (χ3n) is 5.64. The second-order valence-corrected chi connectivity index (χ2v) is 8.96. The van der Waals surface area contributed by atoms with Crippen molar-refractivity contribution in [3.63, 3.8) is 0 Å². The number of hydrogen-bond donors (Lipinski definition) is 1. The van der Waals surface area contributed by atoms with Crippen LogP contribution in [0.2, 0.25) is 0 Å². The quantitative estimate of drug-likeness (QED) is 0.417. The number of nitrogens with zero attached hydrogens (tertiary/aromatic N) is 3. The van der Waals surface area contributed by atoms with Gasteiger partial charge in [0.15, 0.2) is 5.01 Å². The first-order valence-electron chi connectivity index (χ1n) is 11.0. The van der Waals surface area contributed by atoms with Crippen LogP contribution in [0.15, 0.2) is 85.3 Å². The maximum atomic E-state index is 13.2. The molecule has 0 unspecified atom stereocenters. The molecule has 3 heterocycles. The SMILES string of the molecule is O=C(/C=C/c1cccnc1)NCc1cnc(C(=O)N2CCc3c(-c4ccccc4)cccc32)s1. The number of fused-ring (bicyclic) bond motifs is 1. The highest BCUT2D eigenvalue weighted by atomic mass is 32.1. The standard InChI is InChI=1S/C27H22N4O2S/c32-25(12-11-19-6-5-14-28-16-19)29-17-21-18-30-26(34-21)27(33)31-15-13-23-22(9-4-10-24(23)31)20-7-2-1-3-8-20/h1-12,14,16,18H,13,15,17H2,(H,29,32)/b12-11+. The van der Waals surface area contributed by atoms with Crippen molar-refractivity contribution in [2.75, 3.05) is 11.4 Å². The highest BCUT2D eigenvalue weighted by molar-refractivity contribution is 7.13. The first-order chi connectivity index (χ1) is 16.7. The van der Waals surface area contributed by atoms with Crippen LogP contribution in [0.25, 0.3) is 17.2 Å². The van der Waals surface area contributed by atoms with E-state index >= 15 is 0 Å². The Hall–Kier alpha value is -4.10. The van der Waals surface area contributed by atoms with E-state index in [9.17, 15) is 9.59 Å². The number of carbonyl (C=O) groups excluding carboxylic acids is 2. The smallest absolute Gasteiger partial charge is 0.287 e. The summed E-state index contributed by atoms with van der Waals surface area (Å²) in [6, 6.07) is 20.0. The molecule has 1 N–H and O–H groups in total. The molecule has 168 valence electrons. The lowest BCUT2D eigenvalue weighted by atomic mass is 9.98. The molecule has 0 fully saturated rings. The fourth-order valence-corrected chi connectivity index (χ4v) is 4.82. The maximum Gasteiger partial charge on any atom is 0.287 e. The van der Waals surface area contributed by atoms with Gasteiger partial charge >= 0.3 is 0 Å². The largest absolute Gasteiger partial charge is 0.348 e. The van der Waals surface area contributed by atoms with E-state index in [0.29, 0.717) is 18.1 Å². The molecule has 2 aromatic carbocycles. The molecule has 34 heavy (non-hydrogen) atoms. The van der Waals surface area contributed by atoms with Crippen LogP contribution in [0, 0.1) is 0 Å². The molecule has 0 radical (unpaired) electrons. The summed E-state index contributed by atoms with van der Waals surface area (Å²) in [7, 11) is 0. The van der Waals surface area contributed by atoms with E-state index in [1.54, 1.807) is 29.6 Å². The first kappa shape index (κ1) is 21.7. The Labute approximate surface area is 201 Å². The van der Waals surface area contributed by atoms with Gasteiger partial charge in [0.05, 0.1) is 6.54 Å². The van der Waals surface area contributed by atoms with Crippen LogP contribution in [0.1, 0.15) is 25.8 Å². The topological polar surface area (TPSA) is 75.2 Å². The van der Waals surface area contributed by atoms with Gasteiger partial charge in [0.2, 0.25) is 5.91 Å². The lowest BCUT2D eigenvalue weighted by Crippen LogP contribution is -2.28. The van der Waals surface area contributed by atoms with Crippen molar-refractivity contribution in [3.8, 4) is 11.1 Å². The molecule has 5 rings (SSSR count). The number of rotatable bonds is 6. The fraction of sp³-hybridized carbons (Fsp3) is 0.111. The Morgan fingerprint density at radius 1 is 1.03 bits per heavy atom. The zero-order chi connectivity index (χ0) is 23.3. The summed E-state index contributed by atoms with van der Waals surface area (Å²) in [5.74, 6) is -0.324. The average molecular weight is 467 g/mol. The first-order valence-corrected chi connectivity index (χ1v) is 11.8. The summed E-state index contributed by atoms with van der Waals surface area (Å²) < 4.78 is 0. The fourth-order valence-electron chi connectivity index (χ4n) is 4.02. The Kier molecular flexibility index (Phi) is 6.27. The monoisotopic (exact) mass is 466 g/mol. The molecule has 4 aromatic rings. The zero-order valence-electron chi connectivity index (χ0n) is 18.3. The van der Waals surface area contributed by atoms with Gasteiger partial charge in [-0.1, -0.05) is 48.5 Å². The van der Waals surface area contributed by atoms with E-state index in [1.807, 2.05) is 42.5 Å². The van der Waals surface area contributed by atoms with Crippen LogP contribution in [0.5, 0.6) is 0 Å². The minimum absolute atomic E-state index is 0.108. The van der Waals surface area contributed by atoms with Crippen molar-refractivity contribution in [2.45, 2.75) is 13.0 Å². The molecule has 0 saturated heterocycles. The van der Waals surface area contributed by atoms with E-state index in [-0.39, 0.29) is 11.8 Å². The molecule has 2 aromatic heterocycles. The summed E-state index contributed by atoms with van der Waals surface area (Å²) in [5.41, 5.74) is 5.29. The van der Waals surface area contributed by atoms with Crippen LogP contribution >= 0.6 is 11.3 Å². The molecule has 6 nitrogen and oxygen atoms in total. The van der Waals surface area contributed by atoms with Gasteiger partial charge in [-0.2, -0.15) is 0 Å². The molecule has 7 heteroatoms. The van der Waals surface area contributed by atoms with Crippen molar-refractivity contribution >= 4 is 34.9 Å². The third kappa shape index (κ3) is 4.65. The average Bonchev–Trinajstić information content (AvgIpc) is 3.54. The van der Waals surface area contributed by atoms with Crippen molar-refractivity contribution in [2.24, 2.45) is 0 Å². The summed E-state index contributed by atoms with van der Waals surface area (Å²) in [5, 5.41) is 3.26. The van der Waals surface area contributed by atoms with E-state index < -0.39 is 0 Å². The number of anilines is 1. The van der Waals surface area contributed by atoms with Crippen LogP contribution in [-0.2, 0) is 17.8 Å². The lowest BCUT2D eigenvalue weighted by Gasteiger charge is -2.16. The Morgan fingerprint density at radius 3 is 2.74 bits per heavy atom. The van der Waals surface area contributed by atoms with Crippen LogP contribution in [0.4, 0.5) is 5.69 Å². The van der Waals surface area contributed by atoms with Crippen LogP contribution in [0.3, 0.4) is 0 Å². The zero-order valence-corrected chi connectivity index (χ0v) is 19.2. The van der Waals surface area contributed by atoms with Crippen LogP contribution < -0.4 is 10.2 Å². The number of aromatic nitrogens is 2. The highest BCUT2D eigenvalue weighted by Crippen LogP contribution is 2.37.